The lowest BCUT2D eigenvalue weighted by atomic mass is 9.84. The van der Waals surface area contributed by atoms with Gasteiger partial charge in [-0.3, -0.25) is 4.79 Å². The van der Waals surface area contributed by atoms with Gasteiger partial charge in [0.05, 0.1) is 17.1 Å². The van der Waals surface area contributed by atoms with Gasteiger partial charge in [0.1, 0.15) is 0 Å². The van der Waals surface area contributed by atoms with Crippen LogP contribution in [0.15, 0.2) is 58.4 Å². The lowest BCUT2D eigenvalue weighted by Gasteiger charge is -2.39. The van der Waals surface area contributed by atoms with Gasteiger partial charge in [-0.05, 0) is 65.3 Å². The van der Waals surface area contributed by atoms with Crippen molar-refractivity contribution in [2.75, 3.05) is 13.1 Å². The van der Waals surface area contributed by atoms with Crippen molar-refractivity contribution >= 4 is 28.4 Å². The number of carbonyl (C=O) groups excluding carboxylic acids is 1. The molecule has 0 bridgehead atoms. The number of aryl methyl sites for hydroxylation is 1. The Bertz CT molecular complexity index is 1080. The van der Waals surface area contributed by atoms with Gasteiger partial charge in [-0.25, -0.2) is 0 Å². The number of hydrogen-bond acceptors (Lipinski definition) is 4. The summed E-state index contributed by atoms with van der Waals surface area (Å²) in [5.74, 6) is -0.0700. The fourth-order valence-corrected chi connectivity index (χ4v) is 6.23. The molecule has 1 aliphatic carbocycles. The number of benzene rings is 2. The zero-order valence-electron chi connectivity index (χ0n) is 16.2. The molecule has 6 rings (SSSR count). The molecule has 29 heavy (non-hydrogen) atoms. The topological polar surface area (TPSA) is 41.9 Å². The maximum absolute atomic E-state index is 12.7. The van der Waals surface area contributed by atoms with Crippen molar-refractivity contribution < 1.29 is 9.53 Å². The summed E-state index contributed by atoms with van der Waals surface area (Å²) in [5.41, 5.74) is 6.25. The van der Waals surface area contributed by atoms with Crippen LogP contribution in [0.2, 0.25) is 0 Å². The second kappa shape index (κ2) is 6.57. The zero-order chi connectivity index (χ0) is 19.4. The highest BCUT2D eigenvalue weighted by atomic mass is 32.2. The number of amides is 1. The zero-order valence-corrected chi connectivity index (χ0v) is 17.0. The Balaban J connectivity index is 1.21. The van der Waals surface area contributed by atoms with Gasteiger partial charge in [0.25, 0.3) is 5.91 Å². The molecule has 1 amide bonds. The number of carbonyl (C=O) groups is 1. The van der Waals surface area contributed by atoms with Crippen LogP contribution in [0.1, 0.15) is 41.5 Å². The number of ether oxygens (including phenoxy) is 1. The van der Waals surface area contributed by atoms with Crippen LogP contribution in [0.4, 0.5) is 0 Å². The summed E-state index contributed by atoms with van der Waals surface area (Å²) >= 11 is 1.57. The minimum absolute atomic E-state index is 0.0700. The highest BCUT2D eigenvalue weighted by molar-refractivity contribution is 8.18. The first-order chi connectivity index (χ1) is 14.2. The molecule has 1 fully saturated rings. The molecular formula is C24H22N2O2S. The van der Waals surface area contributed by atoms with Crippen molar-refractivity contribution in [3.8, 4) is 0 Å². The van der Waals surface area contributed by atoms with Crippen LogP contribution in [0.5, 0.6) is 0 Å². The third-order valence-corrected chi connectivity index (χ3v) is 7.86. The van der Waals surface area contributed by atoms with Gasteiger partial charge in [-0.2, -0.15) is 4.99 Å². The van der Waals surface area contributed by atoms with Crippen LogP contribution in [0.3, 0.4) is 0 Å². The van der Waals surface area contributed by atoms with Crippen molar-refractivity contribution in [2.24, 2.45) is 4.99 Å². The number of hydrogen-bond donors (Lipinski definition) is 0. The number of aliphatic imine (C=N–C) groups is 1. The number of piperidine rings is 1. The van der Waals surface area contributed by atoms with Crippen LogP contribution in [0.25, 0.3) is 5.57 Å². The lowest BCUT2D eigenvalue weighted by molar-refractivity contribution is -0.113. The predicted octanol–water partition coefficient (Wildman–Crippen LogP) is 4.49. The molecule has 4 aliphatic rings. The molecule has 2 aromatic rings. The third-order valence-electron chi connectivity index (χ3n) is 6.70. The molecule has 0 unspecified atom stereocenters. The van der Waals surface area contributed by atoms with Gasteiger partial charge in [0, 0.05) is 13.1 Å². The quantitative estimate of drug-likeness (QED) is 0.609. The van der Waals surface area contributed by atoms with Gasteiger partial charge in [0.2, 0.25) is 0 Å². The van der Waals surface area contributed by atoms with E-state index in [4.69, 9.17) is 4.74 Å². The summed E-state index contributed by atoms with van der Waals surface area (Å²) in [6.45, 7) is 2.44. The van der Waals surface area contributed by atoms with Gasteiger partial charge in [-0.15, -0.1) is 0 Å². The van der Waals surface area contributed by atoms with Gasteiger partial charge < -0.3 is 9.64 Å². The maximum atomic E-state index is 12.7. The highest BCUT2D eigenvalue weighted by Crippen LogP contribution is 2.46. The number of thioether (sulfide) groups is 1. The molecule has 5 heteroatoms. The van der Waals surface area contributed by atoms with E-state index in [0.29, 0.717) is 6.61 Å². The molecule has 0 N–H and O–H groups in total. The number of likely N-dealkylation sites (tertiary alicyclic amines) is 1. The third kappa shape index (κ3) is 2.71. The minimum Gasteiger partial charge on any atom is -0.365 e. The molecule has 146 valence electrons. The Morgan fingerprint density at radius 2 is 1.72 bits per heavy atom. The molecule has 4 nitrogen and oxygen atoms in total. The fraction of sp³-hybridized carbons (Fsp3) is 0.333. The second-order valence-corrected chi connectivity index (χ2v) is 9.17. The van der Waals surface area contributed by atoms with Gasteiger partial charge in [-0.1, -0.05) is 48.5 Å². The Morgan fingerprint density at radius 3 is 2.59 bits per heavy atom. The summed E-state index contributed by atoms with van der Waals surface area (Å²) in [7, 11) is 0. The van der Waals surface area contributed by atoms with Crippen molar-refractivity contribution in [1.82, 2.24) is 4.90 Å². The first-order valence-corrected chi connectivity index (χ1v) is 11.1. The van der Waals surface area contributed by atoms with E-state index < -0.39 is 0 Å². The van der Waals surface area contributed by atoms with Crippen LogP contribution in [0, 0.1) is 0 Å². The number of rotatable bonds is 0. The average Bonchev–Trinajstić information content (AvgIpc) is 3.45. The fourth-order valence-electron chi connectivity index (χ4n) is 5.14. The summed E-state index contributed by atoms with van der Waals surface area (Å²) in [4.78, 5) is 20.3. The standard InChI is InChI=1S/C24H22N2O2S/c27-22-21(19-10-9-16-5-1-3-7-18(16)19)29-23(25-22)26-13-11-24(12-14-26)20-8-4-2-6-17(20)15-28-24/h1-8H,9-15H2/b21-19-. The highest BCUT2D eigenvalue weighted by Gasteiger charge is 2.43. The number of amidine groups is 1. The van der Waals surface area contributed by atoms with E-state index in [1.165, 1.54) is 27.8 Å². The van der Waals surface area contributed by atoms with Gasteiger partial charge >= 0.3 is 0 Å². The van der Waals surface area contributed by atoms with E-state index in [2.05, 4.69) is 58.4 Å². The molecule has 0 radical (unpaired) electrons. The molecule has 0 saturated carbocycles. The summed E-state index contributed by atoms with van der Waals surface area (Å²) in [5, 5.41) is 0.864. The molecule has 0 aromatic heterocycles. The van der Waals surface area contributed by atoms with E-state index in [9.17, 15) is 4.79 Å². The Labute approximate surface area is 174 Å². The molecule has 1 saturated heterocycles. The molecule has 3 aliphatic heterocycles. The summed E-state index contributed by atoms with van der Waals surface area (Å²) < 4.78 is 6.28. The van der Waals surface area contributed by atoms with Crippen LogP contribution in [-0.4, -0.2) is 29.1 Å². The molecule has 3 heterocycles. The van der Waals surface area contributed by atoms with Crippen LogP contribution in [-0.2, 0) is 28.2 Å². The van der Waals surface area contributed by atoms with E-state index >= 15 is 0 Å². The number of nitrogens with zero attached hydrogens (tertiary/aromatic N) is 2. The lowest BCUT2D eigenvalue weighted by Crippen LogP contribution is -2.44. The largest absolute Gasteiger partial charge is 0.365 e. The van der Waals surface area contributed by atoms with E-state index in [-0.39, 0.29) is 11.5 Å². The molecule has 0 atom stereocenters. The van der Waals surface area contributed by atoms with Crippen molar-refractivity contribution in [2.45, 2.75) is 37.9 Å². The van der Waals surface area contributed by atoms with Crippen molar-refractivity contribution in [1.29, 1.82) is 0 Å². The average molecular weight is 403 g/mol. The van der Waals surface area contributed by atoms with Crippen LogP contribution < -0.4 is 0 Å². The molecular weight excluding hydrogens is 380 g/mol. The Kier molecular flexibility index (Phi) is 3.96. The maximum Gasteiger partial charge on any atom is 0.286 e. The van der Waals surface area contributed by atoms with E-state index in [1.807, 2.05) is 0 Å². The van der Waals surface area contributed by atoms with Crippen molar-refractivity contribution in [3.63, 3.8) is 0 Å². The smallest absolute Gasteiger partial charge is 0.286 e. The number of fused-ring (bicyclic) bond motifs is 3. The second-order valence-electron chi connectivity index (χ2n) is 8.19. The first kappa shape index (κ1) is 17.5. The van der Waals surface area contributed by atoms with Gasteiger partial charge in [0.15, 0.2) is 5.17 Å². The first-order valence-electron chi connectivity index (χ1n) is 10.3. The van der Waals surface area contributed by atoms with E-state index in [0.717, 1.165) is 48.8 Å². The van der Waals surface area contributed by atoms with Crippen LogP contribution >= 0.6 is 11.8 Å². The monoisotopic (exact) mass is 402 g/mol. The summed E-state index contributed by atoms with van der Waals surface area (Å²) in [6.07, 6.45) is 3.82. The predicted molar refractivity (Wildman–Crippen MR) is 115 cm³/mol. The number of allylic oxidation sites excluding steroid dienone is 1. The van der Waals surface area contributed by atoms with E-state index in [1.54, 1.807) is 11.8 Å². The normalized spacial score (nSPS) is 24.8. The minimum atomic E-state index is -0.160. The molecule has 2 aromatic carbocycles. The summed E-state index contributed by atoms with van der Waals surface area (Å²) in [6, 6.07) is 17.0. The Hall–Kier alpha value is -2.37. The molecule has 1 spiro atoms. The SMILES string of the molecule is O=C1N=C(N2CCC3(CC2)OCc2ccccc23)S/C1=C1/CCc2ccccc21. The Morgan fingerprint density at radius 1 is 0.966 bits per heavy atom. The van der Waals surface area contributed by atoms with Crippen molar-refractivity contribution in [3.05, 3.63) is 75.7 Å².